The Hall–Kier alpha value is -4.03. The van der Waals surface area contributed by atoms with E-state index in [9.17, 15) is 10.1 Å². The number of fused-ring (bicyclic) bond motifs is 4. The molecule has 6 rings (SSSR count). The topological polar surface area (TPSA) is 126 Å². The van der Waals surface area contributed by atoms with Crippen molar-refractivity contribution in [3.63, 3.8) is 0 Å². The van der Waals surface area contributed by atoms with E-state index in [1.807, 2.05) is 4.90 Å². The van der Waals surface area contributed by atoms with E-state index in [2.05, 4.69) is 40.2 Å². The van der Waals surface area contributed by atoms with Crippen LogP contribution in [0.15, 0.2) is 12.4 Å². The second-order valence-electron chi connectivity index (χ2n) is 12.6. The number of halogens is 2. The Balaban J connectivity index is 1.45. The molecule has 0 aliphatic carbocycles. The molecule has 2 atom stereocenters. The average molecular weight is 652 g/mol. The third kappa shape index (κ3) is 5.72. The molecule has 1 aromatic carbocycles. The molecule has 2 aliphatic heterocycles. The van der Waals surface area contributed by atoms with Gasteiger partial charge in [0.05, 0.1) is 42.0 Å². The van der Waals surface area contributed by atoms with Gasteiger partial charge in [0.2, 0.25) is 5.95 Å². The zero-order valence-corrected chi connectivity index (χ0v) is 27.3. The van der Waals surface area contributed by atoms with Crippen molar-refractivity contribution >= 4 is 49.4 Å². The van der Waals surface area contributed by atoms with Gasteiger partial charge in [0.1, 0.15) is 22.2 Å². The highest BCUT2D eigenvalue weighted by molar-refractivity contribution is 7.23. The van der Waals surface area contributed by atoms with Gasteiger partial charge in [0.15, 0.2) is 11.6 Å². The molecule has 4 aromatic rings. The summed E-state index contributed by atoms with van der Waals surface area (Å²) >= 11 is 0.860. The Bertz CT molecular complexity index is 1890. The first-order valence-corrected chi connectivity index (χ1v) is 15.8. The fraction of sp³-hybridized carbons (Fsp3) is 0.469. The van der Waals surface area contributed by atoms with E-state index in [1.54, 1.807) is 34.1 Å². The number of carbonyl (C=O) groups is 1. The number of nitriles is 1. The number of amides is 1. The van der Waals surface area contributed by atoms with Crippen LogP contribution in [-0.4, -0.2) is 77.5 Å². The molecule has 1 saturated heterocycles. The number of thiophene rings is 1. The lowest BCUT2D eigenvalue weighted by molar-refractivity contribution is 0.0636. The number of anilines is 2. The molecule has 11 nitrogen and oxygen atoms in total. The van der Waals surface area contributed by atoms with E-state index in [-0.39, 0.29) is 62.7 Å². The number of hydrogen-bond donors (Lipinski definition) is 1. The highest BCUT2D eigenvalue weighted by Crippen LogP contribution is 2.46. The lowest BCUT2D eigenvalue weighted by Gasteiger charge is -2.30. The summed E-state index contributed by atoms with van der Waals surface area (Å²) < 4.78 is 48.5. The fourth-order valence-electron chi connectivity index (χ4n) is 6.13. The number of aromatic nitrogens is 3. The first-order chi connectivity index (χ1) is 21.9. The molecule has 5 heterocycles. The summed E-state index contributed by atoms with van der Waals surface area (Å²) in [5.74, 6) is -0.966. The number of pyridine rings is 1. The first-order valence-electron chi connectivity index (χ1n) is 15.0. The van der Waals surface area contributed by atoms with Gasteiger partial charge in [-0.1, -0.05) is 0 Å². The third-order valence-electron chi connectivity index (χ3n) is 8.44. The largest absolute Gasteiger partial charge is 0.444 e. The summed E-state index contributed by atoms with van der Waals surface area (Å²) in [6.07, 6.45) is 2.72. The maximum atomic E-state index is 16.8. The van der Waals surface area contributed by atoms with Gasteiger partial charge in [-0.15, -0.1) is 11.3 Å². The minimum Gasteiger partial charge on any atom is -0.444 e. The molecule has 0 radical (unpaired) electrons. The Labute approximate surface area is 269 Å². The van der Waals surface area contributed by atoms with Crippen LogP contribution in [0.2, 0.25) is 0 Å². The van der Waals surface area contributed by atoms with Gasteiger partial charge in [-0.05, 0) is 52.3 Å². The number of nitrogens with one attached hydrogen (secondary N) is 1. The summed E-state index contributed by atoms with van der Waals surface area (Å²) in [4.78, 5) is 30.5. The molecule has 3 aromatic heterocycles. The second-order valence-corrected chi connectivity index (χ2v) is 13.7. The normalized spacial score (nSPS) is 17.1. The predicted molar refractivity (Wildman–Crippen MR) is 171 cm³/mol. The number of ether oxygens (including phenoxy) is 3. The van der Waals surface area contributed by atoms with Gasteiger partial charge < -0.3 is 19.1 Å². The van der Waals surface area contributed by atoms with Crippen LogP contribution >= 0.6 is 11.3 Å². The summed E-state index contributed by atoms with van der Waals surface area (Å²) in [7, 11) is 3.75. The molecule has 1 amide bonds. The van der Waals surface area contributed by atoms with Crippen molar-refractivity contribution in [2.75, 3.05) is 44.1 Å². The van der Waals surface area contributed by atoms with Crippen LogP contribution in [0.3, 0.4) is 0 Å². The van der Waals surface area contributed by atoms with Crippen LogP contribution in [0.1, 0.15) is 50.8 Å². The zero-order valence-electron chi connectivity index (χ0n) is 26.5. The second kappa shape index (κ2) is 12.3. The number of methoxy groups -OCH3 is 1. The number of hydrogen-bond acceptors (Lipinski definition) is 11. The molecule has 1 unspecified atom stereocenters. The van der Waals surface area contributed by atoms with Crippen molar-refractivity contribution < 1.29 is 27.8 Å². The van der Waals surface area contributed by atoms with E-state index in [0.29, 0.717) is 42.2 Å². The van der Waals surface area contributed by atoms with Gasteiger partial charge in [-0.2, -0.15) is 5.26 Å². The first kappa shape index (κ1) is 31.9. The van der Waals surface area contributed by atoms with Crippen LogP contribution in [0, 0.1) is 23.0 Å². The van der Waals surface area contributed by atoms with E-state index < -0.39 is 23.3 Å². The number of likely N-dealkylation sites (N-methyl/N-ethyl adjacent to an activating group) is 1. The van der Waals surface area contributed by atoms with Crippen molar-refractivity contribution in [1.82, 2.24) is 19.9 Å². The molecular formula is C32H35F2N7O4S. The third-order valence-corrected chi connectivity index (χ3v) is 9.56. The van der Waals surface area contributed by atoms with Crippen molar-refractivity contribution in [3.05, 3.63) is 40.7 Å². The van der Waals surface area contributed by atoms with Gasteiger partial charge in [-0.25, -0.2) is 23.5 Å². The van der Waals surface area contributed by atoms with Crippen molar-refractivity contribution in [1.29, 1.82) is 5.26 Å². The smallest absolute Gasteiger partial charge is 0.412 e. The zero-order chi connectivity index (χ0) is 32.9. The van der Waals surface area contributed by atoms with Gasteiger partial charge in [-0.3, -0.25) is 15.2 Å². The minimum atomic E-state index is -0.801. The molecule has 242 valence electrons. The molecule has 0 saturated carbocycles. The lowest BCUT2D eigenvalue weighted by Crippen LogP contribution is -2.42. The van der Waals surface area contributed by atoms with Gasteiger partial charge in [0, 0.05) is 54.8 Å². The van der Waals surface area contributed by atoms with Crippen LogP contribution in [0.4, 0.5) is 24.5 Å². The Morgan fingerprint density at radius 3 is 2.76 bits per heavy atom. The molecule has 14 heteroatoms. The molecular weight excluding hydrogens is 616 g/mol. The van der Waals surface area contributed by atoms with E-state index >= 15 is 8.78 Å². The Kier molecular flexibility index (Phi) is 8.53. The molecule has 2 aliphatic rings. The van der Waals surface area contributed by atoms with Crippen molar-refractivity contribution in [3.8, 4) is 17.3 Å². The van der Waals surface area contributed by atoms with Crippen LogP contribution in [-0.2, 0) is 27.4 Å². The standard InChI is InChI=1S/C32H35F2N7O4S/c1-16(13-43-6)40(5)17-7-8-41(12-17)30-37-10-19-20-14-44-15-21(20)23(25(34)26(19)38-30)27-24-18(9-35)29(39-31(42)45-32(2,3)4)46-28(24)22(33)11-36-27/h10-11,16-17H,7-8,12-15H2,1-6H3,(H,39,42)/t16?,17-/m0/s1. The van der Waals surface area contributed by atoms with E-state index in [1.165, 1.54) is 0 Å². The summed E-state index contributed by atoms with van der Waals surface area (Å²) in [6, 6.07) is 2.54. The van der Waals surface area contributed by atoms with Crippen LogP contribution < -0.4 is 10.2 Å². The Morgan fingerprint density at radius 2 is 2.04 bits per heavy atom. The van der Waals surface area contributed by atoms with Crippen molar-refractivity contribution in [2.24, 2.45) is 0 Å². The highest BCUT2D eigenvalue weighted by atomic mass is 32.1. The van der Waals surface area contributed by atoms with E-state index in [4.69, 9.17) is 19.2 Å². The average Bonchev–Trinajstić information content (AvgIpc) is 3.76. The van der Waals surface area contributed by atoms with Gasteiger partial charge in [0.25, 0.3) is 0 Å². The molecule has 1 fully saturated rings. The minimum absolute atomic E-state index is 0.0432. The SMILES string of the molecule is COCC(C)N(C)[C@H]1CCN(c2ncc3c4c(c(-c5ncc(F)c6sc(NC(=O)OC(C)(C)C)c(C#N)c56)c(F)c3n2)COC4)C1. The predicted octanol–water partition coefficient (Wildman–Crippen LogP) is 5.98. The van der Waals surface area contributed by atoms with Gasteiger partial charge >= 0.3 is 6.09 Å². The summed E-state index contributed by atoms with van der Waals surface area (Å²) in [6.45, 7) is 9.51. The molecule has 0 bridgehead atoms. The van der Waals surface area contributed by atoms with E-state index in [0.717, 1.165) is 24.0 Å². The summed E-state index contributed by atoms with van der Waals surface area (Å²) in [5.41, 5.74) is 0.652. The molecule has 0 spiro atoms. The lowest BCUT2D eigenvalue weighted by atomic mass is 9.94. The number of benzene rings is 1. The van der Waals surface area contributed by atoms with Crippen LogP contribution in [0.25, 0.3) is 32.2 Å². The Morgan fingerprint density at radius 1 is 1.28 bits per heavy atom. The quantitative estimate of drug-likeness (QED) is 0.255. The van der Waals surface area contributed by atoms with Crippen LogP contribution in [0.5, 0.6) is 0 Å². The van der Waals surface area contributed by atoms with Crippen molar-refractivity contribution in [2.45, 2.75) is 65.0 Å². The maximum Gasteiger partial charge on any atom is 0.412 e. The monoisotopic (exact) mass is 651 g/mol. The number of rotatable bonds is 7. The molecule has 46 heavy (non-hydrogen) atoms. The number of nitrogens with zero attached hydrogens (tertiary/aromatic N) is 6. The number of carbonyl (C=O) groups excluding carboxylic acids is 1. The molecule has 1 N–H and O–H groups in total. The highest BCUT2D eigenvalue weighted by Gasteiger charge is 2.33. The maximum absolute atomic E-state index is 16.8. The summed E-state index contributed by atoms with van der Waals surface area (Å²) in [5, 5.41) is 13.4. The fourth-order valence-corrected chi connectivity index (χ4v) is 7.17.